The molecule has 5 rings (SSSR count). The van der Waals surface area contributed by atoms with Gasteiger partial charge in [0, 0.05) is 44.7 Å². The van der Waals surface area contributed by atoms with E-state index in [4.69, 9.17) is 14.3 Å². The SMILES string of the molecule is CC(=O)NCC1CN(c2ccc(-c3ccc(C4=NOC(CN5CCOCC5)C4)nc3)cc2C)C(=O)O1. The molecule has 10 heteroatoms. The molecule has 1 N–H and O–H groups in total. The Labute approximate surface area is 210 Å². The molecule has 0 radical (unpaired) electrons. The Morgan fingerprint density at radius 3 is 2.67 bits per heavy atom. The van der Waals surface area contributed by atoms with Crippen molar-refractivity contribution in [3.8, 4) is 11.1 Å². The molecule has 0 bridgehead atoms. The Bertz CT molecular complexity index is 1150. The molecule has 2 unspecified atom stereocenters. The first-order valence-electron chi connectivity index (χ1n) is 12.3. The van der Waals surface area contributed by atoms with Gasteiger partial charge in [0.25, 0.3) is 0 Å². The van der Waals surface area contributed by atoms with Crippen molar-refractivity contribution in [3.05, 3.63) is 47.8 Å². The molecule has 10 nitrogen and oxygen atoms in total. The summed E-state index contributed by atoms with van der Waals surface area (Å²) in [6.45, 7) is 8.34. The highest BCUT2D eigenvalue weighted by molar-refractivity contribution is 5.99. The number of aryl methyl sites for hydroxylation is 1. The maximum Gasteiger partial charge on any atom is 0.414 e. The number of hydrogen-bond donors (Lipinski definition) is 1. The van der Waals surface area contributed by atoms with Gasteiger partial charge in [-0.2, -0.15) is 0 Å². The number of anilines is 1. The minimum Gasteiger partial charge on any atom is -0.442 e. The van der Waals surface area contributed by atoms with E-state index < -0.39 is 6.09 Å². The molecule has 1 aromatic heterocycles. The molecule has 2 amide bonds. The van der Waals surface area contributed by atoms with Crippen LogP contribution in [0.25, 0.3) is 11.1 Å². The zero-order valence-corrected chi connectivity index (χ0v) is 20.6. The molecule has 1 aromatic carbocycles. The van der Waals surface area contributed by atoms with Gasteiger partial charge in [-0.15, -0.1) is 0 Å². The summed E-state index contributed by atoms with van der Waals surface area (Å²) in [5.41, 5.74) is 5.42. The first kappa shape index (κ1) is 24.2. The van der Waals surface area contributed by atoms with Crippen LogP contribution < -0.4 is 10.2 Å². The number of nitrogens with one attached hydrogen (secondary N) is 1. The number of rotatable bonds is 7. The Morgan fingerprint density at radius 1 is 1.14 bits per heavy atom. The predicted octanol–water partition coefficient (Wildman–Crippen LogP) is 2.34. The van der Waals surface area contributed by atoms with Crippen molar-refractivity contribution < 1.29 is 23.9 Å². The monoisotopic (exact) mass is 493 g/mol. The van der Waals surface area contributed by atoms with Crippen LogP contribution in [0, 0.1) is 6.92 Å². The maximum absolute atomic E-state index is 12.4. The smallest absolute Gasteiger partial charge is 0.414 e. The van der Waals surface area contributed by atoms with Gasteiger partial charge in [0.2, 0.25) is 5.91 Å². The summed E-state index contributed by atoms with van der Waals surface area (Å²) in [5.74, 6) is -0.148. The Balaban J connectivity index is 1.21. The molecule has 36 heavy (non-hydrogen) atoms. The first-order valence-corrected chi connectivity index (χ1v) is 12.3. The predicted molar refractivity (Wildman–Crippen MR) is 134 cm³/mol. The van der Waals surface area contributed by atoms with Crippen LogP contribution in [0.1, 0.15) is 24.6 Å². The summed E-state index contributed by atoms with van der Waals surface area (Å²) in [6.07, 6.45) is 1.86. The van der Waals surface area contributed by atoms with Crippen molar-refractivity contribution >= 4 is 23.4 Å². The average Bonchev–Trinajstić information content (AvgIpc) is 3.50. The number of ether oxygens (including phenoxy) is 2. The standard InChI is InChI=1S/C26H31N5O5/c1-17-11-19(4-6-25(17)31-16-22(35-26(31)33)14-27-18(2)32)20-3-5-23(28-13-20)24-12-21(36-29-24)15-30-7-9-34-10-8-30/h3-6,11,13,21-22H,7-10,12,14-16H2,1-2H3,(H,27,32). The molecule has 190 valence electrons. The lowest BCUT2D eigenvalue weighted by Crippen LogP contribution is -2.41. The van der Waals surface area contributed by atoms with Crippen LogP contribution in [0.4, 0.5) is 10.5 Å². The van der Waals surface area contributed by atoms with Gasteiger partial charge in [0.05, 0.1) is 37.7 Å². The second-order valence-corrected chi connectivity index (χ2v) is 9.37. The summed E-state index contributed by atoms with van der Waals surface area (Å²) >= 11 is 0. The average molecular weight is 494 g/mol. The highest BCUT2D eigenvalue weighted by atomic mass is 16.6. The fraction of sp³-hybridized carbons (Fsp3) is 0.462. The van der Waals surface area contributed by atoms with E-state index in [0.29, 0.717) is 13.1 Å². The quantitative estimate of drug-likeness (QED) is 0.631. The highest BCUT2D eigenvalue weighted by Gasteiger charge is 2.33. The Kier molecular flexibility index (Phi) is 7.15. The van der Waals surface area contributed by atoms with Crippen LogP contribution in [-0.4, -0.2) is 85.7 Å². The van der Waals surface area contributed by atoms with Gasteiger partial charge >= 0.3 is 6.09 Å². The van der Waals surface area contributed by atoms with Gasteiger partial charge in [0.1, 0.15) is 17.9 Å². The number of hydrogen-bond acceptors (Lipinski definition) is 8. The molecule has 3 aliphatic heterocycles. The molecule has 0 saturated carbocycles. The van der Waals surface area contributed by atoms with Crippen LogP contribution in [0.15, 0.2) is 41.7 Å². The number of aromatic nitrogens is 1. The fourth-order valence-electron chi connectivity index (χ4n) is 4.70. The van der Waals surface area contributed by atoms with E-state index in [-0.39, 0.29) is 18.1 Å². The summed E-state index contributed by atoms with van der Waals surface area (Å²) in [5, 5.41) is 6.98. The van der Waals surface area contributed by atoms with E-state index in [2.05, 4.69) is 20.4 Å². The zero-order chi connectivity index (χ0) is 25.1. The third-order valence-corrected chi connectivity index (χ3v) is 6.63. The maximum atomic E-state index is 12.4. The largest absolute Gasteiger partial charge is 0.442 e. The van der Waals surface area contributed by atoms with Gasteiger partial charge in [-0.05, 0) is 36.2 Å². The normalized spacial score (nSPS) is 22.2. The highest BCUT2D eigenvalue weighted by Crippen LogP contribution is 2.30. The third kappa shape index (κ3) is 5.50. The summed E-state index contributed by atoms with van der Waals surface area (Å²) in [4.78, 5) is 37.8. The van der Waals surface area contributed by atoms with Crippen LogP contribution in [0.3, 0.4) is 0 Å². The lowest BCUT2D eigenvalue weighted by Gasteiger charge is -2.27. The Hall–Kier alpha value is -3.50. The van der Waals surface area contributed by atoms with Crippen molar-refractivity contribution in [2.24, 2.45) is 5.16 Å². The van der Waals surface area contributed by atoms with Crippen LogP contribution in [0.2, 0.25) is 0 Å². The van der Waals surface area contributed by atoms with E-state index >= 15 is 0 Å². The van der Waals surface area contributed by atoms with Gasteiger partial charge in [-0.25, -0.2) is 4.79 Å². The topological polar surface area (TPSA) is 106 Å². The van der Waals surface area contributed by atoms with Crippen molar-refractivity contribution in [2.45, 2.75) is 32.5 Å². The molecular weight excluding hydrogens is 462 g/mol. The number of benzene rings is 1. The van der Waals surface area contributed by atoms with E-state index in [1.165, 1.54) is 6.92 Å². The minimum atomic E-state index is -0.404. The van der Waals surface area contributed by atoms with Gasteiger partial charge in [-0.1, -0.05) is 17.3 Å². The zero-order valence-electron chi connectivity index (χ0n) is 20.6. The van der Waals surface area contributed by atoms with Crippen molar-refractivity contribution in [1.82, 2.24) is 15.2 Å². The van der Waals surface area contributed by atoms with Crippen LogP contribution >= 0.6 is 0 Å². The van der Waals surface area contributed by atoms with Crippen molar-refractivity contribution in [3.63, 3.8) is 0 Å². The molecule has 3 aliphatic rings. The van der Waals surface area contributed by atoms with E-state index in [0.717, 1.165) is 73.1 Å². The number of oxime groups is 1. The fourth-order valence-corrected chi connectivity index (χ4v) is 4.70. The van der Waals surface area contributed by atoms with Gasteiger partial charge < -0.3 is 19.6 Å². The molecule has 2 fully saturated rings. The summed E-state index contributed by atoms with van der Waals surface area (Å²) in [6, 6.07) is 9.94. The number of carbonyl (C=O) groups is 2. The molecular formula is C26H31N5O5. The van der Waals surface area contributed by atoms with Crippen LogP contribution in [-0.2, 0) is 19.1 Å². The minimum absolute atomic E-state index is 0.0462. The second-order valence-electron chi connectivity index (χ2n) is 9.37. The lowest BCUT2D eigenvalue weighted by atomic mass is 10.0. The number of cyclic esters (lactones) is 1. The number of pyridine rings is 1. The lowest BCUT2D eigenvalue weighted by molar-refractivity contribution is -0.119. The number of carbonyl (C=O) groups excluding carboxylic acids is 2. The Morgan fingerprint density at radius 2 is 1.94 bits per heavy atom. The van der Waals surface area contributed by atoms with Gasteiger partial charge in [-0.3, -0.25) is 19.6 Å². The first-order chi connectivity index (χ1) is 17.5. The second kappa shape index (κ2) is 10.6. The van der Waals surface area contributed by atoms with E-state index in [1.807, 2.05) is 43.5 Å². The third-order valence-electron chi connectivity index (χ3n) is 6.63. The number of morpholine rings is 1. The number of nitrogens with zero attached hydrogens (tertiary/aromatic N) is 4. The molecule has 2 aromatic rings. The van der Waals surface area contributed by atoms with Crippen LogP contribution in [0.5, 0.6) is 0 Å². The summed E-state index contributed by atoms with van der Waals surface area (Å²) < 4.78 is 10.8. The van der Waals surface area contributed by atoms with Crippen molar-refractivity contribution in [2.75, 3.05) is 50.8 Å². The van der Waals surface area contributed by atoms with Gasteiger partial charge in [0.15, 0.2) is 0 Å². The van der Waals surface area contributed by atoms with E-state index in [1.54, 1.807) is 4.90 Å². The molecule has 0 spiro atoms. The molecule has 2 atom stereocenters. The van der Waals surface area contributed by atoms with Crippen molar-refractivity contribution in [1.29, 1.82) is 0 Å². The molecule has 4 heterocycles. The van der Waals surface area contributed by atoms with E-state index in [9.17, 15) is 9.59 Å². The molecule has 0 aliphatic carbocycles. The molecule has 2 saturated heterocycles. The summed E-state index contributed by atoms with van der Waals surface area (Å²) in [7, 11) is 0. The number of amides is 2.